The summed E-state index contributed by atoms with van der Waals surface area (Å²) in [4.78, 5) is 31.4. The number of hydrogen-bond acceptors (Lipinski definition) is 4. The van der Waals surface area contributed by atoms with Crippen molar-refractivity contribution in [3.8, 4) is 5.75 Å². The number of fused-ring (bicyclic) bond motifs is 2. The van der Waals surface area contributed by atoms with E-state index in [-0.39, 0.29) is 24.1 Å². The number of rotatable bonds is 7. The Bertz CT molecular complexity index is 1750. The fraction of sp³-hybridized carbons (Fsp3) is 0.138. The molecule has 2 N–H and O–H groups in total. The number of likely N-dealkylation sites (N-methyl/N-ethyl adjacent to an activating group) is 1. The summed E-state index contributed by atoms with van der Waals surface area (Å²) in [5.74, 6) is 0.186. The number of benzene rings is 3. The third-order valence-corrected chi connectivity index (χ3v) is 8.16. The number of pyridine rings is 1. The molecule has 0 saturated heterocycles. The van der Waals surface area contributed by atoms with Crippen LogP contribution in [0.4, 0.5) is 16.2 Å². The molecule has 204 valence electrons. The number of ether oxygens (including phenoxy) is 1. The van der Waals surface area contributed by atoms with Gasteiger partial charge in [-0.3, -0.25) is 9.20 Å². The van der Waals surface area contributed by atoms with E-state index in [4.69, 9.17) is 27.9 Å². The van der Waals surface area contributed by atoms with Gasteiger partial charge in [0.2, 0.25) is 5.91 Å². The van der Waals surface area contributed by atoms with Gasteiger partial charge in [0.1, 0.15) is 11.2 Å². The predicted octanol–water partition coefficient (Wildman–Crippen LogP) is 7.23. The molecule has 0 aliphatic rings. The van der Waals surface area contributed by atoms with Crippen LogP contribution in [0.15, 0.2) is 77.5 Å². The molecule has 5 rings (SSSR count). The highest BCUT2D eigenvalue weighted by Gasteiger charge is 2.20. The summed E-state index contributed by atoms with van der Waals surface area (Å²) in [6.45, 7) is 1.71. The minimum atomic E-state index is -0.496. The van der Waals surface area contributed by atoms with Crippen LogP contribution in [0.3, 0.4) is 0 Å². The van der Waals surface area contributed by atoms with Crippen LogP contribution in [0, 0.1) is 6.92 Å². The van der Waals surface area contributed by atoms with Gasteiger partial charge in [0.15, 0.2) is 11.4 Å². The molecule has 0 aliphatic carbocycles. The van der Waals surface area contributed by atoms with Gasteiger partial charge in [0.05, 0.1) is 28.6 Å². The van der Waals surface area contributed by atoms with Crippen molar-refractivity contribution in [3.05, 3.63) is 98.8 Å². The highest BCUT2D eigenvalue weighted by atomic mass is 79.9. The molecule has 3 aromatic carbocycles. The molecule has 0 spiro atoms. The maximum Gasteiger partial charge on any atom is 0.319 e. The lowest BCUT2D eigenvalue weighted by Gasteiger charge is -2.21. The summed E-state index contributed by atoms with van der Waals surface area (Å²) in [6, 6.07) is 19.8. The molecular weight excluding hydrogens is 617 g/mol. The molecule has 0 aliphatic heterocycles. The number of hydrogen-bond donors (Lipinski definition) is 2. The first-order chi connectivity index (χ1) is 19.2. The molecule has 40 heavy (non-hydrogen) atoms. The first-order valence-electron chi connectivity index (χ1n) is 12.3. The SMILES string of the molecule is Cc1nc2c(OCc3c(Cl)ccc(N(C)C(=O)CNC(=O)Nc4cccc5ccccc45)c3Cl)cccn2c1Br. The Morgan fingerprint density at radius 1 is 1.05 bits per heavy atom. The second-order valence-electron chi connectivity index (χ2n) is 8.99. The molecule has 0 radical (unpaired) electrons. The van der Waals surface area contributed by atoms with E-state index in [9.17, 15) is 9.59 Å². The quantitative estimate of drug-likeness (QED) is 0.196. The van der Waals surface area contributed by atoms with E-state index >= 15 is 0 Å². The number of carbonyl (C=O) groups is 2. The highest BCUT2D eigenvalue weighted by Crippen LogP contribution is 2.35. The summed E-state index contributed by atoms with van der Waals surface area (Å²) in [6.07, 6.45) is 1.88. The number of anilines is 2. The first kappa shape index (κ1) is 27.8. The van der Waals surface area contributed by atoms with Gasteiger partial charge < -0.3 is 20.3 Å². The molecule has 0 unspecified atom stereocenters. The van der Waals surface area contributed by atoms with Crippen LogP contribution in [0.1, 0.15) is 11.3 Å². The van der Waals surface area contributed by atoms with E-state index in [1.165, 1.54) is 4.90 Å². The van der Waals surface area contributed by atoms with Crippen molar-refractivity contribution in [2.45, 2.75) is 13.5 Å². The normalized spacial score (nSPS) is 11.0. The number of nitrogens with one attached hydrogen (secondary N) is 2. The van der Waals surface area contributed by atoms with Gasteiger partial charge in [-0.1, -0.05) is 59.6 Å². The Hall–Kier alpha value is -3.79. The van der Waals surface area contributed by atoms with Crippen molar-refractivity contribution >= 4 is 78.9 Å². The van der Waals surface area contributed by atoms with Crippen LogP contribution in [0.25, 0.3) is 16.4 Å². The fourth-order valence-corrected chi connectivity index (χ4v) is 5.26. The molecule has 2 aromatic heterocycles. The summed E-state index contributed by atoms with van der Waals surface area (Å²) in [7, 11) is 1.58. The summed E-state index contributed by atoms with van der Waals surface area (Å²) in [5, 5.41) is 7.99. The maximum absolute atomic E-state index is 13.0. The monoisotopic (exact) mass is 639 g/mol. The van der Waals surface area contributed by atoms with Crippen molar-refractivity contribution in [3.63, 3.8) is 0 Å². The fourth-order valence-electron chi connectivity index (χ4n) is 4.28. The van der Waals surface area contributed by atoms with Gasteiger partial charge in [-0.25, -0.2) is 9.78 Å². The number of amides is 3. The van der Waals surface area contributed by atoms with E-state index in [2.05, 4.69) is 31.5 Å². The van der Waals surface area contributed by atoms with Gasteiger partial charge in [-0.15, -0.1) is 0 Å². The van der Waals surface area contributed by atoms with E-state index in [0.29, 0.717) is 33.4 Å². The molecule has 0 fully saturated rings. The predicted molar refractivity (Wildman–Crippen MR) is 163 cm³/mol. The average Bonchev–Trinajstić information content (AvgIpc) is 3.25. The Balaban J connectivity index is 1.26. The van der Waals surface area contributed by atoms with E-state index in [1.54, 1.807) is 25.2 Å². The third-order valence-electron chi connectivity index (χ3n) is 6.43. The average molecular weight is 641 g/mol. The van der Waals surface area contributed by atoms with Crippen molar-refractivity contribution in [1.29, 1.82) is 0 Å². The van der Waals surface area contributed by atoms with E-state index in [1.807, 2.05) is 66.1 Å². The molecule has 3 amide bonds. The minimum Gasteiger partial charge on any atom is -0.485 e. The standard InChI is InChI=1S/C29H24BrCl2N5O3/c1-17-27(30)37-14-6-11-24(28(37)34-17)40-16-20-21(31)12-13-23(26(20)32)36(2)25(38)15-33-29(39)35-22-10-5-8-18-7-3-4-9-19(18)22/h3-14H,15-16H2,1-2H3,(H2,33,35,39). The van der Waals surface area contributed by atoms with Crippen LogP contribution in [0.2, 0.25) is 10.0 Å². The zero-order valence-corrected chi connectivity index (χ0v) is 24.6. The first-order valence-corrected chi connectivity index (χ1v) is 13.8. The van der Waals surface area contributed by atoms with Gasteiger partial charge in [0, 0.05) is 29.2 Å². The van der Waals surface area contributed by atoms with Crippen molar-refractivity contribution in [2.75, 3.05) is 23.8 Å². The number of imidazole rings is 1. The Kier molecular flexibility index (Phi) is 8.16. The molecule has 0 atom stereocenters. The highest BCUT2D eigenvalue weighted by molar-refractivity contribution is 9.10. The second kappa shape index (κ2) is 11.8. The summed E-state index contributed by atoms with van der Waals surface area (Å²) >= 11 is 16.7. The molecular formula is C29H24BrCl2N5O3. The zero-order chi connectivity index (χ0) is 28.4. The maximum atomic E-state index is 13.0. The second-order valence-corrected chi connectivity index (χ2v) is 10.5. The summed E-state index contributed by atoms with van der Waals surface area (Å²) < 4.78 is 8.77. The van der Waals surface area contributed by atoms with Crippen LogP contribution in [-0.2, 0) is 11.4 Å². The number of aromatic nitrogens is 2. The van der Waals surface area contributed by atoms with Gasteiger partial charge in [-0.2, -0.15) is 0 Å². The number of aryl methyl sites for hydroxylation is 1. The lowest BCUT2D eigenvalue weighted by atomic mass is 10.1. The molecule has 11 heteroatoms. The zero-order valence-electron chi connectivity index (χ0n) is 21.5. The Morgan fingerprint density at radius 2 is 1.82 bits per heavy atom. The number of nitrogens with zero attached hydrogens (tertiary/aromatic N) is 3. The smallest absolute Gasteiger partial charge is 0.319 e. The van der Waals surface area contributed by atoms with Crippen LogP contribution >= 0.6 is 39.1 Å². The minimum absolute atomic E-state index is 0.0580. The Labute approximate surface area is 249 Å². The topological polar surface area (TPSA) is 88.0 Å². The van der Waals surface area contributed by atoms with Gasteiger partial charge in [0.25, 0.3) is 0 Å². The number of urea groups is 1. The number of carbonyl (C=O) groups excluding carboxylic acids is 2. The van der Waals surface area contributed by atoms with Crippen LogP contribution in [-0.4, -0.2) is 34.9 Å². The Morgan fingerprint density at radius 3 is 2.65 bits per heavy atom. The van der Waals surface area contributed by atoms with E-state index in [0.717, 1.165) is 21.1 Å². The van der Waals surface area contributed by atoms with Crippen molar-refractivity contribution in [2.24, 2.45) is 0 Å². The third kappa shape index (κ3) is 5.58. The van der Waals surface area contributed by atoms with Crippen LogP contribution < -0.4 is 20.3 Å². The van der Waals surface area contributed by atoms with Gasteiger partial charge in [-0.05, 0) is 58.6 Å². The lowest BCUT2D eigenvalue weighted by Crippen LogP contribution is -2.40. The van der Waals surface area contributed by atoms with E-state index < -0.39 is 6.03 Å². The molecule has 5 aromatic rings. The molecule has 2 heterocycles. The molecule has 0 bridgehead atoms. The van der Waals surface area contributed by atoms with Crippen LogP contribution in [0.5, 0.6) is 5.75 Å². The molecule has 0 saturated carbocycles. The number of halogens is 3. The van der Waals surface area contributed by atoms with Gasteiger partial charge >= 0.3 is 6.03 Å². The molecule has 8 nitrogen and oxygen atoms in total. The largest absolute Gasteiger partial charge is 0.485 e. The summed E-state index contributed by atoms with van der Waals surface area (Å²) in [5.41, 5.74) is 3.08. The van der Waals surface area contributed by atoms with Crippen molar-refractivity contribution < 1.29 is 14.3 Å². The lowest BCUT2D eigenvalue weighted by molar-refractivity contribution is -0.117. The van der Waals surface area contributed by atoms with Crippen molar-refractivity contribution in [1.82, 2.24) is 14.7 Å².